The lowest BCUT2D eigenvalue weighted by Crippen LogP contribution is -2.30. The lowest BCUT2D eigenvalue weighted by molar-refractivity contribution is 0.424. The van der Waals surface area contributed by atoms with E-state index in [0.717, 1.165) is 19.0 Å². The summed E-state index contributed by atoms with van der Waals surface area (Å²) in [7, 11) is 0. The minimum atomic E-state index is 0.582. The second kappa shape index (κ2) is 5.75. The molecule has 1 atom stereocenters. The van der Waals surface area contributed by atoms with Crippen molar-refractivity contribution in [2.75, 3.05) is 6.54 Å². The zero-order valence-corrected chi connectivity index (χ0v) is 9.27. The van der Waals surface area contributed by atoms with Crippen molar-refractivity contribution in [3.8, 4) is 0 Å². The van der Waals surface area contributed by atoms with Gasteiger partial charge in [-0.05, 0) is 19.3 Å². The van der Waals surface area contributed by atoms with E-state index < -0.39 is 0 Å². The molecule has 0 aliphatic carbocycles. The predicted molar refractivity (Wildman–Crippen MR) is 56.9 cm³/mol. The molecule has 0 bridgehead atoms. The molecule has 0 radical (unpaired) electrons. The van der Waals surface area contributed by atoms with Crippen LogP contribution < -0.4 is 5.32 Å². The van der Waals surface area contributed by atoms with Gasteiger partial charge in [-0.2, -0.15) is 0 Å². The molecule has 1 rings (SSSR count). The average molecular weight is 196 g/mol. The van der Waals surface area contributed by atoms with Crippen LogP contribution in [0.4, 0.5) is 0 Å². The number of nitrogens with one attached hydrogen (secondary N) is 1. The first kappa shape index (κ1) is 11.2. The van der Waals surface area contributed by atoms with Crippen molar-refractivity contribution in [3.05, 3.63) is 12.4 Å². The zero-order chi connectivity index (χ0) is 10.4. The van der Waals surface area contributed by atoms with Gasteiger partial charge in [0.15, 0.2) is 0 Å². The van der Waals surface area contributed by atoms with Gasteiger partial charge in [-0.3, -0.25) is 4.68 Å². The second-order valence-electron chi connectivity index (χ2n) is 4.15. The van der Waals surface area contributed by atoms with Gasteiger partial charge in [0.05, 0.1) is 12.7 Å². The quantitative estimate of drug-likeness (QED) is 0.746. The van der Waals surface area contributed by atoms with Crippen molar-refractivity contribution in [1.82, 2.24) is 20.3 Å². The molecule has 1 N–H and O–H groups in total. The number of aromatic nitrogens is 3. The van der Waals surface area contributed by atoms with Gasteiger partial charge in [0.2, 0.25) is 0 Å². The number of nitrogens with zero attached hydrogens (tertiary/aromatic N) is 3. The van der Waals surface area contributed by atoms with E-state index in [0.29, 0.717) is 6.04 Å². The maximum absolute atomic E-state index is 3.90. The van der Waals surface area contributed by atoms with E-state index >= 15 is 0 Å². The first-order valence-corrected chi connectivity index (χ1v) is 5.26. The monoisotopic (exact) mass is 196 g/mol. The highest BCUT2D eigenvalue weighted by Gasteiger charge is 2.03. The second-order valence-corrected chi connectivity index (χ2v) is 4.15. The summed E-state index contributed by atoms with van der Waals surface area (Å²) in [5, 5.41) is 11.1. The molecular formula is C10H20N4. The van der Waals surface area contributed by atoms with Gasteiger partial charge in [0.25, 0.3) is 0 Å². The molecule has 14 heavy (non-hydrogen) atoms. The molecule has 1 aromatic rings. The topological polar surface area (TPSA) is 42.7 Å². The van der Waals surface area contributed by atoms with Gasteiger partial charge >= 0.3 is 0 Å². The van der Waals surface area contributed by atoms with Gasteiger partial charge in [0, 0.05) is 18.8 Å². The number of rotatable bonds is 6. The molecule has 1 aromatic heterocycles. The van der Waals surface area contributed by atoms with Gasteiger partial charge in [-0.15, -0.1) is 5.10 Å². The largest absolute Gasteiger partial charge is 0.312 e. The van der Waals surface area contributed by atoms with Crippen LogP contribution in [0.2, 0.25) is 0 Å². The Bertz CT molecular complexity index is 230. The van der Waals surface area contributed by atoms with Crippen LogP contribution >= 0.6 is 0 Å². The van der Waals surface area contributed by atoms with E-state index in [9.17, 15) is 0 Å². The van der Waals surface area contributed by atoms with Gasteiger partial charge in [0.1, 0.15) is 0 Å². The molecule has 1 unspecified atom stereocenters. The van der Waals surface area contributed by atoms with Gasteiger partial charge in [-0.25, -0.2) is 0 Å². The highest BCUT2D eigenvalue weighted by molar-refractivity contribution is 4.66. The number of hydrogen-bond donors (Lipinski definition) is 1. The van der Waals surface area contributed by atoms with E-state index in [-0.39, 0.29) is 0 Å². The summed E-state index contributed by atoms with van der Waals surface area (Å²) in [6.07, 6.45) is 4.81. The van der Waals surface area contributed by atoms with Crippen LogP contribution in [0.15, 0.2) is 12.4 Å². The molecule has 0 spiro atoms. The summed E-state index contributed by atoms with van der Waals surface area (Å²) in [6, 6.07) is 0.582. The van der Waals surface area contributed by atoms with Crippen LogP contribution in [-0.4, -0.2) is 27.6 Å². The fourth-order valence-corrected chi connectivity index (χ4v) is 1.57. The first-order valence-electron chi connectivity index (χ1n) is 5.26. The van der Waals surface area contributed by atoms with Crippen molar-refractivity contribution in [2.45, 2.75) is 39.8 Å². The maximum atomic E-state index is 3.90. The van der Waals surface area contributed by atoms with E-state index in [4.69, 9.17) is 0 Å². The van der Waals surface area contributed by atoms with Crippen molar-refractivity contribution in [1.29, 1.82) is 0 Å². The minimum Gasteiger partial charge on any atom is -0.312 e. The molecule has 0 saturated heterocycles. The molecule has 1 heterocycles. The van der Waals surface area contributed by atoms with Crippen LogP contribution in [0.5, 0.6) is 0 Å². The maximum Gasteiger partial charge on any atom is 0.0692 e. The van der Waals surface area contributed by atoms with E-state index in [1.54, 1.807) is 6.20 Å². The average Bonchev–Trinajstić information content (AvgIpc) is 2.55. The van der Waals surface area contributed by atoms with Crippen molar-refractivity contribution in [2.24, 2.45) is 5.92 Å². The van der Waals surface area contributed by atoms with Gasteiger partial charge in [-0.1, -0.05) is 19.1 Å². The molecule has 4 nitrogen and oxygen atoms in total. The fourth-order valence-electron chi connectivity index (χ4n) is 1.57. The molecular weight excluding hydrogens is 176 g/mol. The normalized spacial score (nSPS) is 13.4. The Morgan fingerprint density at radius 3 is 2.71 bits per heavy atom. The van der Waals surface area contributed by atoms with Crippen molar-refractivity contribution >= 4 is 0 Å². The van der Waals surface area contributed by atoms with Crippen LogP contribution in [0, 0.1) is 5.92 Å². The summed E-state index contributed by atoms with van der Waals surface area (Å²) in [5.41, 5.74) is 0. The molecule has 0 fully saturated rings. The third-order valence-corrected chi connectivity index (χ3v) is 2.13. The van der Waals surface area contributed by atoms with Crippen molar-refractivity contribution in [3.63, 3.8) is 0 Å². The third kappa shape index (κ3) is 4.37. The Balaban J connectivity index is 2.09. The summed E-state index contributed by atoms with van der Waals surface area (Å²) in [5.74, 6) is 0.754. The van der Waals surface area contributed by atoms with Gasteiger partial charge < -0.3 is 5.32 Å². The smallest absolute Gasteiger partial charge is 0.0692 e. The highest BCUT2D eigenvalue weighted by Crippen LogP contribution is 2.03. The first-order chi connectivity index (χ1) is 6.68. The predicted octanol–water partition coefficient (Wildman–Crippen LogP) is 1.30. The zero-order valence-electron chi connectivity index (χ0n) is 9.27. The fraction of sp³-hybridized carbons (Fsp3) is 0.800. The molecule has 0 aliphatic heterocycles. The SMILES string of the molecule is CC(C)CC(C)NCCn1ccnn1. The summed E-state index contributed by atoms with van der Waals surface area (Å²) in [6.45, 7) is 8.56. The van der Waals surface area contributed by atoms with E-state index in [2.05, 4.69) is 36.4 Å². The Labute approximate surface area is 85.7 Å². The Morgan fingerprint density at radius 2 is 2.14 bits per heavy atom. The summed E-state index contributed by atoms with van der Waals surface area (Å²) in [4.78, 5) is 0. The lowest BCUT2D eigenvalue weighted by Gasteiger charge is -2.15. The van der Waals surface area contributed by atoms with E-state index in [1.807, 2.05) is 10.9 Å². The Morgan fingerprint density at radius 1 is 1.36 bits per heavy atom. The van der Waals surface area contributed by atoms with Crippen LogP contribution in [-0.2, 0) is 6.54 Å². The molecule has 0 aromatic carbocycles. The van der Waals surface area contributed by atoms with Crippen LogP contribution in [0.25, 0.3) is 0 Å². The Hall–Kier alpha value is -0.900. The number of hydrogen-bond acceptors (Lipinski definition) is 3. The molecule has 0 saturated carbocycles. The van der Waals surface area contributed by atoms with Crippen LogP contribution in [0.1, 0.15) is 27.2 Å². The standard InChI is InChI=1S/C10H20N4/c1-9(2)8-10(3)11-4-6-14-7-5-12-13-14/h5,7,9-11H,4,6,8H2,1-3H3. The highest BCUT2D eigenvalue weighted by atomic mass is 15.4. The lowest BCUT2D eigenvalue weighted by atomic mass is 10.1. The minimum absolute atomic E-state index is 0.582. The van der Waals surface area contributed by atoms with Crippen LogP contribution in [0.3, 0.4) is 0 Å². The molecule has 4 heteroatoms. The Kier molecular flexibility index (Phi) is 4.59. The summed E-state index contributed by atoms with van der Waals surface area (Å²) < 4.78 is 1.84. The molecule has 0 aliphatic rings. The van der Waals surface area contributed by atoms with E-state index in [1.165, 1.54) is 6.42 Å². The molecule has 0 amide bonds. The molecule has 80 valence electrons. The van der Waals surface area contributed by atoms with Crippen molar-refractivity contribution < 1.29 is 0 Å². The third-order valence-electron chi connectivity index (χ3n) is 2.13. The summed E-state index contributed by atoms with van der Waals surface area (Å²) >= 11 is 0.